The van der Waals surface area contributed by atoms with Crippen molar-refractivity contribution in [3.05, 3.63) is 29.6 Å². The molecule has 1 amide bonds. The van der Waals surface area contributed by atoms with Crippen LogP contribution >= 0.6 is 0 Å². The number of likely N-dealkylation sites (tertiary alicyclic amines) is 1. The van der Waals surface area contributed by atoms with Gasteiger partial charge in [0.25, 0.3) is 5.91 Å². The standard InChI is InChI=1S/C23H28F5N3O5/c24-22(25,23(26,27)28)6-3-17-2-1-16(13-29-17)15-4-9-31(10-5-15)19(18(33)14-32)21(20(34)30-35)7-11-36-12-8-21/h1-2,13-15,19,35H,3-12H2,(H,30,34). The van der Waals surface area contributed by atoms with Crippen LogP contribution in [0.4, 0.5) is 22.0 Å². The number of aldehydes is 1. The Morgan fingerprint density at radius 1 is 1.19 bits per heavy atom. The number of Topliss-reactive ketones (excluding diaryl/α,β-unsaturated/α-hetero) is 1. The van der Waals surface area contributed by atoms with Crippen LogP contribution in [-0.2, 0) is 25.5 Å². The van der Waals surface area contributed by atoms with E-state index in [0.29, 0.717) is 25.9 Å². The number of piperidine rings is 1. The maximum absolute atomic E-state index is 13.2. The van der Waals surface area contributed by atoms with Gasteiger partial charge < -0.3 is 4.74 Å². The molecule has 3 heterocycles. The number of aryl methyl sites for hydroxylation is 1. The number of hydrogen-bond donors (Lipinski definition) is 2. The van der Waals surface area contributed by atoms with Crippen LogP contribution in [0.3, 0.4) is 0 Å². The fourth-order valence-electron chi connectivity index (χ4n) is 5.08. The van der Waals surface area contributed by atoms with Crippen molar-refractivity contribution >= 4 is 18.0 Å². The van der Waals surface area contributed by atoms with Crippen LogP contribution in [0.15, 0.2) is 18.3 Å². The Balaban J connectivity index is 1.67. The second-order valence-electron chi connectivity index (χ2n) is 9.23. The van der Waals surface area contributed by atoms with Gasteiger partial charge in [-0.2, -0.15) is 22.0 Å². The smallest absolute Gasteiger partial charge is 0.381 e. The molecule has 1 aromatic heterocycles. The molecular formula is C23H28F5N3O5. The Bertz CT molecular complexity index is 927. The monoisotopic (exact) mass is 521 g/mol. The number of rotatable bonds is 9. The molecule has 1 aromatic rings. The highest BCUT2D eigenvalue weighted by Crippen LogP contribution is 2.41. The third kappa shape index (κ3) is 5.89. The molecule has 8 nitrogen and oxygen atoms in total. The van der Waals surface area contributed by atoms with E-state index < -0.39 is 48.1 Å². The minimum atomic E-state index is -5.61. The molecular weight excluding hydrogens is 493 g/mol. The largest absolute Gasteiger partial charge is 0.453 e. The van der Waals surface area contributed by atoms with Gasteiger partial charge in [-0.25, -0.2) is 5.48 Å². The predicted octanol–water partition coefficient (Wildman–Crippen LogP) is 2.83. The van der Waals surface area contributed by atoms with Gasteiger partial charge in [0, 0.05) is 31.5 Å². The Kier molecular flexibility index (Phi) is 8.78. The number of pyridine rings is 1. The fourth-order valence-corrected chi connectivity index (χ4v) is 5.08. The number of hydroxylamine groups is 1. The van der Waals surface area contributed by atoms with Crippen LogP contribution in [0.2, 0.25) is 0 Å². The van der Waals surface area contributed by atoms with E-state index in [1.165, 1.54) is 12.3 Å². The molecule has 0 bridgehead atoms. The first-order valence-electron chi connectivity index (χ1n) is 11.6. The fraction of sp³-hybridized carbons (Fsp3) is 0.652. The van der Waals surface area contributed by atoms with Crippen molar-refractivity contribution < 1.29 is 46.3 Å². The summed E-state index contributed by atoms with van der Waals surface area (Å²) in [6.07, 6.45) is -4.51. The molecule has 1 unspecified atom stereocenters. The summed E-state index contributed by atoms with van der Waals surface area (Å²) in [5.74, 6) is -6.32. The van der Waals surface area contributed by atoms with E-state index in [1.54, 1.807) is 16.4 Å². The van der Waals surface area contributed by atoms with E-state index in [0.717, 1.165) is 5.56 Å². The number of hydrogen-bond acceptors (Lipinski definition) is 7. The zero-order valence-electron chi connectivity index (χ0n) is 19.4. The highest BCUT2D eigenvalue weighted by atomic mass is 19.4. The quantitative estimate of drug-likeness (QED) is 0.169. The third-order valence-corrected chi connectivity index (χ3v) is 7.17. The lowest BCUT2D eigenvalue weighted by molar-refractivity contribution is -0.284. The minimum Gasteiger partial charge on any atom is -0.381 e. The van der Waals surface area contributed by atoms with E-state index in [2.05, 4.69) is 4.98 Å². The molecule has 1 atom stereocenters. The molecule has 200 valence electrons. The highest BCUT2D eigenvalue weighted by molar-refractivity contribution is 6.28. The molecule has 0 aliphatic carbocycles. The molecule has 13 heteroatoms. The summed E-state index contributed by atoms with van der Waals surface area (Å²) >= 11 is 0. The second-order valence-corrected chi connectivity index (χ2v) is 9.23. The van der Waals surface area contributed by atoms with Crippen molar-refractivity contribution in [1.29, 1.82) is 0 Å². The first kappa shape index (κ1) is 28.1. The van der Waals surface area contributed by atoms with E-state index in [1.807, 2.05) is 0 Å². The molecule has 2 saturated heterocycles. The van der Waals surface area contributed by atoms with Crippen molar-refractivity contribution in [3.8, 4) is 0 Å². The number of alkyl halides is 5. The number of ether oxygens (including phenoxy) is 1. The average Bonchev–Trinajstić information content (AvgIpc) is 2.87. The lowest BCUT2D eigenvalue weighted by atomic mass is 9.70. The first-order valence-corrected chi connectivity index (χ1v) is 11.6. The topological polar surface area (TPSA) is 109 Å². The van der Waals surface area contributed by atoms with Gasteiger partial charge in [-0.3, -0.25) is 29.5 Å². The maximum atomic E-state index is 13.2. The number of nitrogens with zero attached hydrogens (tertiary/aromatic N) is 2. The van der Waals surface area contributed by atoms with Crippen LogP contribution < -0.4 is 5.48 Å². The molecule has 2 aliphatic rings. The highest BCUT2D eigenvalue weighted by Gasteiger charge is 2.56. The number of amides is 1. The van der Waals surface area contributed by atoms with E-state index in [4.69, 9.17) is 4.74 Å². The van der Waals surface area contributed by atoms with E-state index >= 15 is 0 Å². The zero-order chi connectivity index (χ0) is 26.6. The minimum absolute atomic E-state index is 0.0243. The normalized spacial score (nSPS) is 20.5. The number of carbonyl (C=O) groups is 3. The Morgan fingerprint density at radius 3 is 2.33 bits per heavy atom. The predicted molar refractivity (Wildman–Crippen MR) is 114 cm³/mol. The molecule has 2 N–H and O–H groups in total. The second kappa shape index (κ2) is 11.3. The first-order chi connectivity index (χ1) is 16.9. The molecule has 0 aromatic carbocycles. The number of halogens is 5. The summed E-state index contributed by atoms with van der Waals surface area (Å²) in [7, 11) is 0. The van der Waals surface area contributed by atoms with Crippen LogP contribution in [0.5, 0.6) is 0 Å². The molecule has 3 rings (SSSR count). The molecule has 2 fully saturated rings. The SMILES string of the molecule is O=CC(=O)C(N1CCC(c2ccc(CCC(F)(F)C(F)(F)F)nc2)CC1)C1(C(=O)NO)CCOCC1. The lowest BCUT2D eigenvalue weighted by Gasteiger charge is -2.46. The maximum Gasteiger partial charge on any atom is 0.453 e. The van der Waals surface area contributed by atoms with Crippen LogP contribution in [0.1, 0.15) is 49.3 Å². The van der Waals surface area contributed by atoms with Gasteiger partial charge in [0.15, 0.2) is 6.29 Å². The third-order valence-electron chi connectivity index (χ3n) is 7.17. The van der Waals surface area contributed by atoms with Crippen molar-refractivity contribution in [2.24, 2.45) is 5.41 Å². The lowest BCUT2D eigenvalue weighted by Crippen LogP contribution is -2.61. The summed E-state index contributed by atoms with van der Waals surface area (Å²) in [6.45, 7) is 1.10. The molecule has 2 aliphatic heterocycles. The van der Waals surface area contributed by atoms with Gasteiger partial charge >= 0.3 is 12.1 Å². The summed E-state index contributed by atoms with van der Waals surface area (Å²) in [4.78, 5) is 42.6. The number of carbonyl (C=O) groups excluding carboxylic acids is 3. The number of ketones is 1. The van der Waals surface area contributed by atoms with Crippen molar-refractivity contribution in [2.45, 2.75) is 62.6 Å². The van der Waals surface area contributed by atoms with Gasteiger partial charge in [0.2, 0.25) is 5.78 Å². The summed E-state index contributed by atoms with van der Waals surface area (Å²) in [5, 5.41) is 9.33. The Morgan fingerprint density at radius 2 is 1.83 bits per heavy atom. The Labute approximate surface area is 204 Å². The van der Waals surface area contributed by atoms with Crippen LogP contribution in [0.25, 0.3) is 0 Å². The van der Waals surface area contributed by atoms with Gasteiger partial charge in [-0.1, -0.05) is 6.07 Å². The van der Waals surface area contributed by atoms with Crippen molar-refractivity contribution in [3.63, 3.8) is 0 Å². The number of nitrogens with one attached hydrogen (secondary N) is 1. The zero-order valence-corrected chi connectivity index (χ0v) is 19.4. The van der Waals surface area contributed by atoms with Gasteiger partial charge in [-0.05, 0) is 62.7 Å². The average molecular weight is 521 g/mol. The van der Waals surface area contributed by atoms with E-state index in [9.17, 15) is 41.5 Å². The van der Waals surface area contributed by atoms with Crippen LogP contribution in [0, 0.1) is 5.41 Å². The van der Waals surface area contributed by atoms with Crippen molar-refractivity contribution in [1.82, 2.24) is 15.4 Å². The number of aromatic nitrogens is 1. The van der Waals surface area contributed by atoms with Gasteiger partial charge in [0.05, 0.1) is 11.5 Å². The molecule has 0 radical (unpaired) electrons. The van der Waals surface area contributed by atoms with Crippen molar-refractivity contribution in [2.75, 3.05) is 26.3 Å². The molecule has 0 spiro atoms. The van der Waals surface area contributed by atoms with E-state index in [-0.39, 0.29) is 44.0 Å². The molecule has 36 heavy (non-hydrogen) atoms. The van der Waals surface area contributed by atoms with Gasteiger partial charge in [0.1, 0.15) is 0 Å². The molecule has 0 saturated carbocycles. The van der Waals surface area contributed by atoms with Gasteiger partial charge in [-0.15, -0.1) is 0 Å². The summed E-state index contributed by atoms with van der Waals surface area (Å²) in [6, 6.07) is 2.00. The summed E-state index contributed by atoms with van der Waals surface area (Å²) in [5.41, 5.74) is 1.21. The Hall–Kier alpha value is -2.51. The van der Waals surface area contributed by atoms with Crippen LogP contribution in [-0.4, -0.2) is 77.5 Å². The summed E-state index contributed by atoms with van der Waals surface area (Å²) < 4.78 is 68.7.